The molecule has 5 atom stereocenters. The highest BCUT2D eigenvalue weighted by atomic mass is 35.5. The van der Waals surface area contributed by atoms with Crippen molar-refractivity contribution in [2.75, 3.05) is 31.2 Å². The molecule has 9 heteroatoms. The number of β-amino-alcohol motifs (C(OH)–C–C–N with tert-alkyl or cyclic N) is 1. The van der Waals surface area contributed by atoms with Gasteiger partial charge in [-0.2, -0.15) is 0 Å². The maximum atomic E-state index is 14.3. The quantitative estimate of drug-likeness (QED) is 0.444. The van der Waals surface area contributed by atoms with Gasteiger partial charge in [-0.15, -0.1) is 6.58 Å². The number of aryl methyl sites for hydroxylation is 1. The molecule has 3 aliphatic rings. The van der Waals surface area contributed by atoms with Crippen LogP contribution in [0.25, 0.3) is 0 Å². The Morgan fingerprint density at radius 2 is 2.15 bits per heavy atom. The Balaban J connectivity index is 1.83. The van der Waals surface area contributed by atoms with Crippen LogP contribution in [0.2, 0.25) is 5.02 Å². The molecule has 0 aliphatic carbocycles. The number of benzene rings is 1. The van der Waals surface area contributed by atoms with Gasteiger partial charge >= 0.3 is 5.97 Å². The maximum Gasteiger partial charge on any atom is 0.312 e. The van der Waals surface area contributed by atoms with Crippen LogP contribution in [0.1, 0.15) is 32.3 Å². The topological polar surface area (TPSA) is 96.4 Å². The number of anilines is 1. The van der Waals surface area contributed by atoms with Crippen LogP contribution in [-0.2, 0) is 23.9 Å². The van der Waals surface area contributed by atoms with Crippen molar-refractivity contribution in [2.24, 2.45) is 11.8 Å². The summed E-state index contributed by atoms with van der Waals surface area (Å²) in [6, 6.07) is 4.34. The van der Waals surface area contributed by atoms with E-state index in [2.05, 4.69) is 6.58 Å². The molecule has 0 saturated carbocycles. The average molecular weight is 491 g/mol. The number of fused-ring (bicyclic) bond motifs is 1. The summed E-state index contributed by atoms with van der Waals surface area (Å²) >= 11 is 6.51. The van der Waals surface area contributed by atoms with E-state index in [1.807, 2.05) is 19.9 Å². The molecule has 34 heavy (non-hydrogen) atoms. The van der Waals surface area contributed by atoms with E-state index in [9.17, 15) is 19.5 Å². The van der Waals surface area contributed by atoms with E-state index < -0.39 is 35.0 Å². The van der Waals surface area contributed by atoms with Gasteiger partial charge in [0.25, 0.3) is 5.91 Å². The second-order valence-corrected chi connectivity index (χ2v) is 9.78. The van der Waals surface area contributed by atoms with Crippen LogP contribution in [0.4, 0.5) is 5.69 Å². The van der Waals surface area contributed by atoms with Crippen molar-refractivity contribution >= 4 is 35.1 Å². The molecule has 1 spiro atoms. The van der Waals surface area contributed by atoms with Crippen LogP contribution in [0.15, 0.2) is 30.9 Å². The van der Waals surface area contributed by atoms with Crippen LogP contribution >= 0.6 is 11.6 Å². The number of nitrogens with zero attached hydrogens (tertiary/aromatic N) is 2. The molecule has 2 unspecified atom stereocenters. The molecular formula is C25H31ClN2O6. The van der Waals surface area contributed by atoms with E-state index in [1.165, 1.54) is 9.80 Å². The van der Waals surface area contributed by atoms with Crippen molar-refractivity contribution in [3.63, 3.8) is 0 Å². The smallest absolute Gasteiger partial charge is 0.312 e. The number of rotatable bonds is 8. The van der Waals surface area contributed by atoms with Crippen molar-refractivity contribution in [3.8, 4) is 0 Å². The molecule has 0 radical (unpaired) electrons. The number of para-hydroxylation sites is 1. The number of halogens is 1. The highest BCUT2D eigenvalue weighted by Crippen LogP contribution is 2.63. The number of ether oxygens (including phenoxy) is 2. The van der Waals surface area contributed by atoms with Gasteiger partial charge in [-0.3, -0.25) is 14.4 Å². The van der Waals surface area contributed by atoms with E-state index in [-0.39, 0.29) is 38.1 Å². The van der Waals surface area contributed by atoms with Gasteiger partial charge in [-0.25, -0.2) is 0 Å². The standard InChI is InChI=1S/C25H31ClN2O6/c1-5-12-27(19-15(3)8-7-9-16(19)26)22(31)20-25-11-10-24(4,34-25)18(23(32)33-6-2)17(25)21(30)28(20)13-14-29/h5,7-9,17-18,20,29H,1,6,10-14H2,2-4H3/t17-,18+,20?,24-,25?/m0/s1. The van der Waals surface area contributed by atoms with Crippen LogP contribution in [0.3, 0.4) is 0 Å². The molecule has 8 nitrogen and oxygen atoms in total. The van der Waals surface area contributed by atoms with Gasteiger partial charge in [0.1, 0.15) is 17.6 Å². The van der Waals surface area contributed by atoms with Crippen molar-refractivity contribution in [2.45, 2.75) is 50.9 Å². The minimum absolute atomic E-state index is 0.0491. The Kier molecular flexibility index (Phi) is 6.52. The zero-order valence-electron chi connectivity index (χ0n) is 19.8. The summed E-state index contributed by atoms with van der Waals surface area (Å²) in [4.78, 5) is 43.8. The first-order valence-corrected chi connectivity index (χ1v) is 12.0. The van der Waals surface area contributed by atoms with E-state index in [0.717, 1.165) is 5.56 Å². The number of carbonyl (C=O) groups is 3. The molecule has 2 amide bonds. The van der Waals surface area contributed by atoms with Gasteiger partial charge in [-0.1, -0.05) is 29.8 Å². The van der Waals surface area contributed by atoms with E-state index in [4.69, 9.17) is 21.1 Å². The molecule has 0 aromatic heterocycles. The minimum atomic E-state index is -1.19. The average Bonchev–Trinajstić information content (AvgIpc) is 3.34. The highest BCUT2D eigenvalue weighted by molar-refractivity contribution is 6.34. The number of aliphatic hydroxyl groups excluding tert-OH is 1. The molecule has 3 saturated heterocycles. The van der Waals surface area contributed by atoms with Crippen LogP contribution < -0.4 is 4.90 Å². The van der Waals surface area contributed by atoms with E-state index >= 15 is 0 Å². The molecule has 1 aromatic carbocycles. The van der Waals surface area contributed by atoms with Gasteiger partial charge in [0.15, 0.2) is 0 Å². The fraction of sp³-hybridized carbons (Fsp3) is 0.560. The van der Waals surface area contributed by atoms with Gasteiger partial charge < -0.3 is 24.4 Å². The summed E-state index contributed by atoms with van der Waals surface area (Å²) < 4.78 is 11.8. The molecule has 3 fully saturated rings. The number of hydrogen-bond donors (Lipinski definition) is 1. The van der Waals surface area contributed by atoms with Crippen LogP contribution in [-0.4, -0.2) is 71.3 Å². The number of likely N-dealkylation sites (tertiary alicyclic amines) is 1. The number of hydrogen-bond acceptors (Lipinski definition) is 6. The largest absolute Gasteiger partial charge is 0.466 e. The third-order valence-corrected chi connectivity index (χ3v) is 7.73. The fourth-order valence-corrected chi connectivity index (χ4v) is 6.50. The Morgan fingerprint density at radius 1 is 1.41 bits per heavy atom. The monoisotopic (exact) mass is 490 g/mol. The molecule has 1 N–H and O–H groups in total. The van der Waals surface area contributed by atoms with Crippen molar-refractivity contribution < 1.29 is 29.0 Å². The second kappa shape index (κ2) is 8.98. The maximum absolute atomic E-state index is 14.3. The molecular weight excluding hydrogens is 460 g/mol. The second-order valence-electron chi connectivity index (χ2n) is 9.38. The van der Waals surface area contributed by atoms with E-state index in [0.29, 0.717) is 23.6 Å². The van der Waals surface area contributed by atoms with Crippen molar-refractivity contribution in [1.82, 2.24) is 4.90 Å². The molecule has 3 aliphatic heterocycles. The number of aliphatic hydroxyl groups is 1. The Labute approximate surface area is 204 Å². The van der Waals surface area contributed by atoms with Gasteiger partial charge in [0, 0.05) is 13.1 Å². The lowest BCUT2D eigenvalue weighted by Crippen LogP contribution is -2.57. The molecule has 3 heterocycles. The Morgan fingerprint density at radius 3 is 2.76 bits per heavy atom. The van der Waals surface area contributed by atoms with Gasteiger partial charge in [0.05, 0.1) is 35.4 Å². The van der Waals surface area contributed by atoms with Crippen LogP contribution in [0.5, 0.6) is 0 Å². The van der Waals surface area contributed by atoms with Crippen molar-refractivity contribution in [3.05, 3.63) is 41.4 Å². The summed E-state index contributed by atoms with van der Waals surface area (Å²) in [7, 11) is 0. The number of carbonyl (C=O) groups excluding carboxylic acids is 3. The number of amides is 2. The molecule has 184 valence electrons. The lowest BCUT2D eigenvalue weighted by Gasteiger charge is -2.37. The Bertz CT molecular complexity index is 1010. The minimum Gasteiger partial charge on any atom is -0.466 e. The van der Waals surface area contributed by atoms with Gasteiger partial charge in [0.2, 0.25) is 5.91 Å². The van der Waals surface area contributed by atoms with Crippen LogP contribution in [0, 0.1) is 18.8 Å². The first-order valence-electron chi connectivity index (χ1n) is 11.6. The molecule has 2 bridgehead atoms. The third kappa shape index (κ3) is 3.46. The lowest BCUT2D eigenvalue weighted by molar-refractivity contribution is -0.159. The van der Waals surface area contributed by atoms with E-state index in [1.54, 1.807) is 25.1 Å². The SMILES string of the molecule is C=CCN(C(=O)C1N(CCO)C(=O)[C@@H]2[C@H](C(=O)OCC)[C@]3(C)CCC12O3)c1c(C)cccc1Cl. The molecule has 1 aromatic rings. The van der Waals surface area contributed by atoms with Gasteiger partial charge in [-0.05, 0) is 45.2 Å². The fourth-order valence-electron chi connectivity index (χ4n) is 6.18. The summed E-state index contributed by atoms with van der Waals surface area (Å²) in [6.45, 7) is 9.14. The summed E-state index contributed by atoms with van der Waals surface area (Å²) in [5.41, 5.74) is -0.766. The first kappa shape index (κ1) is 24.7. The Hall–Kier alpha value is -2.42. The predicted molar refractivity (Wildman–Crippen MR) is 126 cm³/mol. The predicted octanol–water partition coefficient (Wildman–Crippen LogP) is 2.49. The summed E-state index contributed by atoms with van der Waals surface area (Å²) in [5.74, 6) is -2.92. The summed E-state index contributed by atoms with van der Waals surface area (Å²) in [5, 5.41) is 10.1. The summed E-state index contributed by atoms with van der Waals surface area (Å²) in [6.07, 6.45) is 2.56. The third-order valence-electron chi connectivity index (χ3n) is 7.43. The zero-order valence-corrected chi connectivity index (χ0v) is 20.5. The molecule has 4 rings (SSSR count). The zero-order chi connectivity index (χ0) is 24.8. The highest BCUT2D eigenvalue weighted by Gasteiger charge is 2.78. The van der Waals surface area contributed by atoms with Crippen molar-refractivity contribution in [1.29, 1.82) is 0 Å². The first-order chi connectivity index (χ1) is 16.2. The lowest BCUT2D eigenvalue weighted by atomic mass is 9.66. The number of esters is 1. The normalized spacial score (nSPS) is 31.5.